The molecule has 6 heteroatoms. The Bertz CT molecular complexity index is 501. The maximum atomic E-state index is 11.8. The van der Waals surface area contributed by atoms with Crippen LogP contribution in [0.25, 0.3) is 0 Å². The summed E-state index contributed by atoms with van der Waals surface area (Å²) in [6.07, 6.45) is 0. The molecule has 1 aromatic carbocycles. The van der Waals surface area contributed by atoms with Crippen LogP contribution in [0.2, 0.25) is 0 Å². The van der Waals surface area contributed by atoms with Crippen molar-refractivity contribution in [3.63, 3.8) is 0 Å². The van der Waals surface area contributed by atoms with Gasteiger partial charge in [0, 0.05) is 5.69 Å². The van der Waals surface area contributed by atoms with Gasteiger partial charge in [-0.05, 0) is 30.3 Å². The molecule has 1 unspecified atom stereocenters. The van der Waals surface area contributed by atoms with E-state index in [0.717, 1.165) is 5.56 Å². The van der Waals surface area contributed by atoms with Crippen LogP contribution in [-0.4, -0.2) is 22.3 Å². The topological polar surface area (TPSA) is 75.3 Å². The summed E-state index contributed by atoms with van der Waals surface area (Å²) in [4.78, 5) is 34.0. The number of hydrogen-bond acceptors (Lipinski definition) is 4. The molecule has 2 rings (SSSR count). The lowest BCUT2D eigenvalue weighted by Gasteiger charge is -2.09. The molecule has 3 amide bonds. The number of thioether (sulfide) groups is 1. The average molecular weight is 250 g/mol. The molecule has 5 nitrogen and oxygen atoms in total. The summed E-state index contributed by atoms with van der Waals surface area (Å²) in [7, 11) is 0. The zero-order valence-electron chi connectivity index (χ0n) is 9.02. The van der Waals surface area contributed by atoms with E-state index in [4.69, 9.17) is 0 Å². The van der Waals surface area contributed by atoms with E-state index >= 15 is 0 Å². The molecule has 1 atom stereocenters. The van der Waals surface area contributed by atoms with Gasteiger partial charge >= 0.3 is 0 Å². The van der Waals surface area contributed by atoms with Gasteiger partial charge in [0.05, 0.1) is 0 Å². The maximum absolute atomic E-state index is 11.8. The molecule has 88 valence electrons. The van der Waals surface area contributed by atoms with Crippen molar-refractivity contribution < 1.29 is 14.4 Å². The Morgan fingerprint density at radius 2 is 2.06 bits per heavy atom. The molecular weight excluding hydrogens is 240 g/mol. The molecule has 1 aliphatic heterocycles. The normalized spacial score (nSPS) is 19.0. The second-order valence-corrected chi connectivity index (χ2v) is 4.66. The first kappa shape index (κ1) is 11.7. The Balaban J connectivity index is 2.10. The van der Waals surface area contributed by atoms with Crippen molar-refractivity contribution in [2.75, 3.05) is 5.32 Å². The van der Waals surface area contributed by atoms with Crippen molar-refractivity contribution in [2.45, 2.75) is 12.2 Å². The summed E-state index contributed by atoms with van der Waals surface area (Å²) < 4.78 is 0. The minimum atomic E-state index is -0.998. The molecule has 0 bridgehead atoms. The highest BCUT2D eigenvalue weighted by Crippen LogP contribution is 2.21. The third-order valence-corrected chi connectivity index (χ3v) is 3.31. The van der Waals surface area contributed by atoms with Crippen molar-refractivity contribution in [1.29, 1.82) is 0 Å². The molecule has 1 fully saturated rings. The fraction of sp³-hybridized carbons (Fsp3) is 0.182. The Morgan fingerprint density at radius 3 is 2.65 bits per heavy atom. The molecule has 1 aliphatic rings. The second kappa shape index (κ2) is 4.58. The number of aryl methyl sites for hydroxylation is 1. The molecule has 1 saturated heterocycles. The quantitative estimate of drug-likeness (QED) is 0.775. The van der Waals surface area contributed by atoms with Gasteiger partial charge in [-0.15, -0.1) is 0 Å². The maximum Gasteiger partial charge on any atom is 0.286 e. The Hall–Kier alpha value is -1.82. The summed E-state index contributed by atoms with van der Waals surface area (Å²) in [5.41, 5.74) is 1.54. The fourth-order valence-electron chi connectivity index (χ4n) is 1.44. The van der Waals surface area contributed by atoms with Crippen molar-refractivity contribution in [2.24, 2.45) is 0 Å². The van der Waals surface area contributed by atoms with E-state index < -0.39 is 22.3 Å². The van der Waals surface area contributed by atoms with Crippen LogP contribution in [0.5, 0.6) is 0 Å². The standard InChI is InChI=1S/C11H10N2O3S/c1-6-4-2-3-5-7(6)12-9(14)8-10(15)13-11(16)17-8/h2-5,8H,1H3,(H,12,14)(H,13,15,16). The van der Waals surface area contributed by atoms with Crippen LogP contribution in [0.1, 0.15) is 5.56 Å². The minimum absolute atomic E-state index is 0.479. The predicted molar refractivity (Wildman–Crippen MR) is 64.7 cm³/mol. The van der Waals surface area contributed by atoms with E-state index in [2.05, 4.69) is 10.6 Å². The lowest BCUT2D eigenvalue weighted by molar-refractivity contribution is -0.124. The van der Waals surface area contributed by atoms with Gasteiger partial charge < -0.3 is 5.32 Å². The molecule has 2 N–H and O–H groups in total. The number of benzene rings is 1. The van der Waals surface area contributed by atoms with Gasteiger partial charge in [0.2, 0.25) is 5.91 Å². The van der Waals surface area contributed by atoms with E-state index in [1.165, 1.54) is 0 Å². The van der Waals surface area contributed by atoms with Crippen molar-refractivity contribution in [3.05, 3.63) is 29.8 Å². The van der Waals surface area contributed by atoms with Crippen molar-refractivity contribution in [3.8, 4) is 0 Å². The molecular formula is C11H10N2O3S. The third-order valence-electron chi connectivity index (χ3n) is 2.33. The molecule has 0 spiro atoms. The monoisotopic (exact) mass is 250 g/mol. The van der Waals surface area contributed by atoms with E-state index in [0.29, 0.717) is 17.4 Å². The van der Waals surface area contributed by atoms with Crippen LogP contribution in [0.15, 0.2) is 24.3 Å². The lowest BCUT2D eigenvalue weighted by atomic mass is 10.2. The van der Waals surface area contributed by atoms with Crippen molar-refractivity contribution >= 4 is 34.5 Å². The zero-order chi connectivity index (χ0) is 12.4. The number of rotatable bonds is 2. The van der Waals surface area contributed by atoms with Crippen molar-refractivity contribution in [1.82, 2.24) is 5.32 Å². The van der Waals surface area contributed by atoms with Gasteiger partial charge in [-0.3, -0.25) is 19.7 Å². The first-order valence-electron chi connectivity index (χ1n) is 4.96. The molecule has 0 aromatic heterocycles. The predicted octanol–water partition coefficient (Wildman–Crippen LogP) is 1.29. The second-order valence-electron chi connectivity index (χ2n) is 3.58. The van der Waals surface area contributed by atoms with Gasteiger partial charge in [0.1, 0.15) is 0 Å². The first-order valence-corrected chi connectivity index (χ1v) is 5.84. The molecule has 0 saturated carbocycles. The van der Waals surface area contributed by atoms with E-state index in [-0.39, 0.29) is 0 Å². The number of carbonyl (C=O) groups excluding carboxylic acids is 3. The number of para-hydroxylation sites is 1. The SMILES string of the molecule is Cc1ccccc1NC(=O)C1SC(=O)NC1=O. The highest BCUT2D eigenvalue weighted by atomic mass is 32.2. The van der Waals surface area contributed by atoms with Gasteiger partial charge in [-0.2, -0.15) is 0 Å². The van der Waals surface area contributed by atoms with Gasteiger partial charge in [0.25, 0.3) is 11.1 Å². The highest BCUT2D eigenvalue weighted by molar-refractivity contribution is 8.16. The number of hydrogen-bond donors (Lipinski definition) is 2. The third kappa shape index (κ3) is 2.47. The van der Waals surface area contributed by atoms with Crippen LogP contribution in [0.4, 0.5) is 10.5 Å². The summed E-state index contributed by atoms with van der Waals surface area (Å²) >= 11 is 0.695. The zero-order valence-corrected chi connectivity index (χ0v) is 9.84. The summed E-state index contributed by atoms with van der Waals surface area (Å²) in [6.45, 7) is 1.85. The van der Waals surface area contributed by atoms with Gasteiger partial charge in [-0.25, -0.2) is 0 Å². The molecule has 1 heterocycles. The number of anilines is 1. The minimum Gasteiger partial charge on any atom is -0.324 e. The molecule has 0 radical (unpaired) electrons. The Morgan fingerprint density at radius 1 is 1.35 bits per heavy atom. The highest BCUT2D eigenvalue weighted by Gasteiger charge is 2.37. The van der Waals surface area contributed by atoms with E-state index in [1.54, 1.807) is 12.1 Å². The summed E-state index contributed by atoms with van der Waals surface area (Å²) in [6, 6.07) is 7.23. The number of carbonyl (C=O) groups is 3. The van der Waals surface area contributed by atoms with Crippen LogP contribution < -0.4 is 10.6 Å². The average Bonchev–Trinajstić information content (AvgIpc) is 2.61. The number of nitrogens with one attached hydrogen (secondary N) is 2. The van der Waals surface area contributed by atoms with Crippen LogP contribution >= 0.6 is 11.8 Å². The van der Waals surface area contributed by atoms with E-state index in [1.807, 2.05) is 19.1 Å². The smallest absolute Gasteiger partial charge is 0.286 e. The van der Waals surface area contributed by atoms with Gasteiger partial charge in [-0.1, -0.05) is 18.2 Å². The molecule has 17 heavy (non-hydrogen) atoms. The first-order chi connectivity index (χ1) is 8.08. The summed E-state index contributed by atoms with van der Waals surface area (Å²) in [5, 5.41) is 3.22. The Kier molecular flexibility index (Phi) is 3.14. The van der Waals surface area contributed by atoms with Crippen LogP contribution in [0, 0.1) is 6.92 Å². The van der Waals surface area contributed by atoms with Gasteiger partial charge in [0.15, 0.2) is 5.25 Å². The largest absolute Gasteiger partial charge is 0.324 e. The molecule has 0 aliphatic carbocycles. The van der Waals surface area contributed by atoms with E-state index in [9.17, 15) is 14.4 Å². The summed E-state index contributed by atoms with van der Waals surface area (Å²) in [5.74, 6) is -1.04. The Labute approximate surface area is 102 Å². The lowest BCUT2D eigenvalue weighted by Crippen LogP contribution is -2.33. The van der Waals surface area contributed by atoms with Crippen LogP contribution in [-0.2, 0) is 9.59 Å². The molecule has 1 aromatic rings. The number of imide groups is 1. The van der Waals surface area contributed by atoms with Crippen LogP contribution in [0.3, 0.4) is 0 Å². The number of amides is 3. The fourth-order valence-corrected chi connectivity index (χ4v) is 2.15.